The summed E-state index contributed by atoms with van der Waals surface area (Å²) < 4.78 is 5.87. The van der Waals surface area contributed by atoms with Crippen LogP contribution in [0.5, 0.6) is 0 Å². The monoisotopic (exact) mass is 225 g/mol. The van der Waals surface area contributed by atoms with Crippen LogP contribution in [0.3, 0.4) is 0 Å². The number of hydrogen-bond acceptors (Lipinski definition) is 3. The molecule has 0 aromatic carbocycles. The van der Waals surface area contributed by atoms with E-state index in [0.717, 1.165) is 19.6 Å². The van der Waals surface area contributed by atoms with Crippen molar-refractivity contribution >= 4 is 11.3 Å². The average molecular weight is 225 g/mol. The Kier molecular flexibility index (Phi) is 3.78. The second-order valence-electron chi connectivity index (χ2n) is 4.46. The summed E-state index contributed by atoms with van der Waals surface area (Å²) in [7, 11) is 0. The second-order valence-corrected chi connectivity index (χ2v) is 5.24. The number of rotatable bonds is 2. The lowest BCUT2D eigenvalue weighted by Crippen LogP contribution is -2.34. The molecule has 0 bridgehead atoms. The molecule has 1 aliphatic heterocycles. The Balaban J connectivity index is 1.96. The van der Waals surface area contributed by atoms with Crippen molar-refractivity contribution in [3.05, 3.63) is 22.4 Å². The molecule has 1 N–H and O–H groups in total. The molecule has 2 nitrogen and oxygen atoms in total. The quantitative estimate of drug-likeness (QED) is 0.835. The van der Waals surface area contributed by atoms with Gasteiger partial charge >= 0.3 is 0 Å². The first-order chi connectivity index (χ1) is 7.27. The first-order valence-electron chi connectivity index (χ1n) is 5.64. The minimum atomic E-state index is 0.250. The molecule has 84 valence electrons. The molecule has 2 heterocycles. The number of ether oxygens (including phenoxy) is 1. The zero-order valence-corrected chi connectivity index (χ0v) is 10.2. The van der Waals surface area contributed by atoms with Crippen LogP contribution >= 0.6 is 11.3 Å². The minimum absolute atomic E-state index is 0.250. The maximum Gasteiger partial charge on any atom is 0.0957 e. The van der Waals surface area contributed by atoms with Crippen LogP contribution in [0.25, 0.3) is 0 Å². The smallest absolute Gasteiger partial charge is 0.0957 e. The predicted octanol–water partition coefficient (Wildman–Crippen LogP) is 2.82. The molecule has 2 atom stereocenters. The fraction of sp³-hybridized carbons (Fsp3) is 0.667. The lowest BCUT2D eigenvalue weighted by Gasteiger charge is -2.19. The van der Waals surface area contributed by atoms with Gasteiger partial charge < -0.3 is 10.1 Å². The van der Waals surface area contributed by atoms with Gasteiger partial charge in [-0.25, -0.2) is 0 Å². The molecule has 0 radical (unpaired) electrons. The molecule has 3 heteroatoms. The first-order valence-corrected chi connectivity index (χ1v) is 6.58. The SMILES string of the molecule is CC(C)C1CCOC(c2ccsc2)CN1. The molecule has 2 unspecified atom stereocenters. The van der Waals surface area contributed by atoms with Crippen LogP contribution < -0.4 is 5.32 Å². The van der Waals surface area contributed by atoms with E-state index >= 15 is 0 Å². The summed E-state index contributed by atoms with van der Waals surface area (Å²) in [5.74, 6) is 0.690. The van der Waals surface area contributed by atoms with Crippen molar-refractivity contribution in [2.24, 2.45) is 5.92 Å². The van der Waals surface area contributed by atoms with Crippen molar-refractivity contribution in [3.63, 3.8) is 0 Å². The molecule has 0 saturated carbocycles. The van der Waals surface area contributed by atoms with Crippen LogP contribution in [0.15, 0.2) is 16.8 Å². The maximum atomic E-state index is 5.87. The molecule has 0 aliphatic carbocycles. The number of nitrogens with one attached hydrogen (secondary N) is 1. The van der Waals surface area contributed by atoms with Crippen LogP contribution in [-0.2, 0) is 4.74 Å². The van der Waals surface area contributed by atoms with Crippen molar-refractivity contribution in [3.8, 4) is 0 Å². The molecule has 1 fully saturated rings. The summed E-state index contributed by atoms with van der Waals surface area (Å²) in [6.45, 7) is 6.35. The zero-order valence-electron chi connectivity index (χ0n) is 9.40. The normalized spacial score (nSPS) is 27.9. The summed E-state index contributed by atoms with van der Waals surface area (Å²) in [5, 5.41) is 7.90. The third-order valence-electron chi connectivity index (χ3n) is 3.03. The largest absolute Gasteiger partial charge is 0.372 e. The Morgan fingerprint density at radius 1 is 1.53 bits per heavy atom. The summed E-state index contributed by atoms with van der Waals surface area (Å²) in [6, 6.07) is 2.76. The van der Waals surface area contributed by atoms with E-state index in [1.165, 1.54) is 5.56 Å². The van der Waals surface area contributed by atoms with Crippen LogP contribution in [0.2, 0.25) is 0 Å². The highest BCUT2D eigenvalue weighted by Crippen LogP contribution is 2.23. The van der Waals surface area contributed by atoms with Gasteiger partial charge in [-0.05, 0) is 34.7 Å². The molecule has 1 saturated heterocycles. The molecule has 0 spiro atoms. The Labute approximate surface area is 95.6 Å². The highest BCUT2D eigenvalue weighted by molar-refractivity contribution is 7.07. The molecule has 1 aromatic rings. The van der Waals surface area contributed by atoms with Gasteiger partial charge in [0.15, 0.2) is 0 Å². The van der Waals surface area contributed by atoms with E-state index in [1.807, 2.05) is 0 Å². The van der Waals surface area contributed by atoms with E-state index in [0.29, 0.717) is 12.0 Å². The van der Waals surface area contributed by atoms with Gasteiger partial charge in [0.05, 0.1) is 6.10 Å². The number of thiophene rings is 1. The molecule has 1 aliphatic rings. The summed E-state index contributed by atoms with van der Waals surface area (Å²) >= 11 is 1.74. The lowest BCUT2D eigenvalue weighted by atomic mass is 10.0. The summed E-state index contributed by atoms with van der Waals surface area (Å²) in [6.07, 6.45) is 1.37. The van der Waals surface area contributed by atoms with Crippen LogP contribution in [0.1, 0.15) is 31.9 Å². The van der Waals surface area contributed by atoms with Gasteiger partial charge in [-0.2, -0.15) is 11.3 Å². The van der Waals surface area contributed by atoms with E-state index in [4.69, 9.17) is 4.74 Å². The Bertz CT molecular complexity index is 284. The third-order valence-corrected chi connectivity index (χ3v) is 3.73. The molecular weight excluding hydrogens is 206 g/mol. The van der Waals surface area contributed by atoms with E-state index in [-0.39, 0.29) is 6.10 Å². The highest BCUT2D eigenvalue weighted by atomic mass is 32.1. The zero-order chi connectivity index (χ0) is 10.7. The van der Waals surface area contributed by atoms with Crippen molar-refractivity contribution in [2.75, 3.05) is 13.2 Å². The van der Waals surface area contributed by atoms with Crippen LogP contribution in [0.4, 0.5) is 0 Å². The first kappa shape index (κ1) is 11.1. The van der Waals surface area contributed by atoms with Gasteiger partial charge in [-0.3, -0.25) is 0 Å². The van der Waals surface area contributed by atoms with Gasteiger partial charge in [-0.1, -0.05) is 13.8 Å². The average Bonchev–Trinajstić information content (AvgIpc) is 2.62. The highest BCUT2D eigenvalue weighted by Gasteiger charge is 2.21. The van der Waals surface area contributed by atoms with Crippen LogP contribution in [-0.4, -0.2) is 19.2 Å². The van der Waals surface area contributed by atoms with Crippen LogP contribution in [0, 0.1) is 5.92 Å². The van der Waals surface area contributed by atoms with Gasteiger partial charge in [0.1, 0.15) is 0 Å². The maximum absolute atomic E-state index is 5.87. The molecule has 2 rings (SSSR count). The summed E-state index contributed by atoms with van der Waals surface area (Å²) in [5.41, 5.74) is 1.32. The van der Waals surface area contributed by atoms with E-state index in [2.05, 4.69) is 36.0 Å². The lowest BCUT2D eigenvalue weighted by molar-refractivity contribution is 0.0663. The Morgan fingerprint density at radius 3 is 3.07 bits per heavy atom. The predicted molar refractivity (Wildman–Crippen MR) is 64.3 cm³/mol. The topological polar surface area (TPSA) is 21.3 Å². The molecule has 15 heavy (non-hydrogen) atoms. The van der Waals surface area contributed by atoms with Crippen molar-refractivity contribution in [2.45, 2.75) is 32.4 Å². The van der Waals surface area contributed by atoms with E-state index in [9.17, 15) is 0 Å². The second kappa shape index (κ2) is 5.10. The van der Waals surface area contributed by atoms with Gasteiger partial charge in [0, 0.05) is 19.2 Å². The fourth-order valence-electron chi connectivity index (χ4n) is 2.00. The fourth-order valence-corrected chi connectivity index (χ4v) is 2.70. The molecule has 0 amide bonds. The van der Waals surface area contributed by atoms with Crippen molar-refractivity contribution < 1.29 is 4.74 Å². The van der Waals surface area contributed by atoms with Crippen molar-refractivity contribution in [1.29, 1.82) is 0 Å². The van der Waals surface area contributed by atoms with E-state index in [1.54, 1.807) is 11.3 Å². The molecular formula is C12H19NOS. The minimum Gasteiger partial charge on any atom is -0.372 e. The van der Waals surface area contributed by atoms with Gasteiger partial charge in [-0.15, -0.1) is 0 Å². The van der Waals surface area contributed by atoms with Gasteiger partial charge in [0.25, 0.3) is 0 Å². The van der Waals surface area contributed by atoms with Crippen molar-refractivity contribution in [1.82, 2.24) is 5.32 Å². The third kappa shape index (κ3) is 2.80. The summed E-state index contributed by atoms with van der Waals surface area (Å²) in [4.78, 5) is 0. The van der Waals surface area contributed by atoms with E-state index < -0.39 is 0 Å². The molecule has 1 aromatic heterocycles. The Hall–Kier alpha value is -0.380. The Morgan fingerprint density at radius 2 is 2.40 bits per heavy atom. The van der Waals surface area contributed by atoms with Gasteiger partial charge in [0.2, 0.25) is 0 Å². The standard InChI is InChI=1S/C12H19NOS/c1-9(2)11-3-5-14-12(7-13-11)10-4-6-15-8-10/h4,6,8-9,11-13H,3,5,7H2,1-2H3. The number of hydrogen-bond donors (Lipinski definition) is 1.